The Morgan fingerprint density at radius 2 is 2.00 bits per heavy atom. The van der Waals surface area contributed by atoms with Crippen LogP contribution in [0.25, 0.3) is 0 Å². The van der Waals surface area contributed by atoms with E-state index >= 15 is 0 Å². The molecule has 2 aliphatic heterocycles. The number of rotatable bonds is 5. The maximum absolute atomic E-state index is 12.7. The molecule has 1 saturated heterocycles. The molecule has 0 unspecified atom stereocenters. The van der Waals surface area contributed by atoms with E-state index in [1.165, 1.54) is 11.1 Å². The number of benzene rings is 1. The number of nitrogens with one attached hydrogen (secondary N) is 2. The lowest BCUT2D eigenvalue weighted by Gasteiger charge is -2.32. The van der Waals surface area contributed by atoms with Gasteiger partial charge in [-0.3, -0.25) is 4.99 Å². The Balaban J connectivity index is 0.00000320. The van der Waals surface area contributed by atoms with Gasteiger partial charge in [-0.2, -0.15) is 17.5 Å². The number of hydrogen-bond donors (Lipinski definition) is 2. The molecule has 2 aliphatic rings. The first-order valence-corrected chi connectivity index (χ1v) is 10.9. The molecule has 170 valence electrons. The highest BCUT2D eigenvalue weighted by Gasteiger charge is 2.50. The molecule has 0 spiro atoms. The van der Waals surface area contributed by atoms with E-state index in [1.54, 1.807) is 7.05 Å². The number of fused-ring (bicyclic) bond motifs is 1. The number of nitrogens with zero attached hydrogens (tertiary/aromatic N) is 2. The maximum atomic E-state index is 12.7. The topological polar surface area (TPSA) is 83.0 Å². The quantitative estimate of drug-likeness (QED) is 0.327. The molecule has 0 aromatic heterocycles. The fraction of sp³-hybridized carbons (Fsp3) is 0.611. The molecular weight excluding hydrogens is 536 g/mol. The summed E-state index contributed by atoms with van der Waals surface area (Å²) in [6.45, 7) is 1.01. The second-order valence-corrected chi connectivity index (χ2v) is 8.99. The molecule has 7 nitrogen and oxygen atoms in total. The van der Waals surface area contributed by atoms with Gasteiger partial charge in [0, 0.05) is 39.1 Å². The van der Waals surface area contributed by atoms with Crippen molar-refractivity contribution in [3.8, 4) is 5.75 Å². The third kappa shape index (κ3) is 5.90. The monoisotopic (exact) mass is 562 g/mol. The van der Waals surface area contributed by atoms with E-state index in [1.807, 2.05) is 12.1 Å². The van der Waals surface area contributed by atoms with E-state index in [4.69, 9.17) is 4.74 Å². The van der Waals surface area contributed by atoms with E-state index in [0.29, 0.717) is 16.8 Å². The molecule has 1 aromatic rings. The zero-order valence-electron chi connectivity index (χ0n) is 16.5. The van der Waals surface area contributed by atoms with Crippen molar-refractivity contribution in [3.63, 3.8) is 0 Å². The van der Waals surface area contributed by atoms with Crippen molar-refractivity contribution < 1.29 is 26.3 Å². The minimum absolute atomic E-state index is 0. The lowest BCUT2D eigenvalue weighted by molar-refractivity contribution is -0.0494. The number of hydrogen-bond acceptors (Lipinski definition) is 4. The number of sulfonamides is 1. The van der Waals surface area contributed by atoms with Crippen molar-refractivity contribution in [3.05, 3.63) is 29.3 Å². The molecule has 1 fully saturated rings. The predicted octanol–water partition coefficient (Wildman–Crippen LogP) is 2.26. The van der Waals surface area contributed by atoms with Gasteiger partial charge in [-0.15, -0.1) is 24.0 Å². The van der Waals surface area contributed by atoms with E-state index in [2.05, 4.69) is 21.7 Å². The van der Waals surface area contributed by atoms with Crippen LogP contribution in [0.3, 0.4) is 0 Å². The van der Waals surface area contributed by atoms with Crippen molar-refractivity contribution in [2.75, 3.05) is 33.3 Å². The fourth-order valence-corrected chi connectivity index (χ4v) is 4.48. The molecule has 2 N–H and O–H groups in total. The van der Waals surface area contributed by atoms with Gasteiger partial charge in [0.2, 0.25) is 0 Å². The van der Waals surface area contributed by atoms with Gasteiger partial charge in [0.15, 0.2) is 5.96 Å². The highest BCUT2D eigenvalue weighted by molar-refractivity contribution is 14.0. The van der Waals surface area contributed by atoms with Gasteiger partial charge in [0.1, 0.15) is 5.75 Å². The second-order valence-electron chi connectivity index (χ2n) is 7.06. The summed E-state index contributed by atoms with van der Waals surface area (Å²) >= 11 is 0. The average Bonchev–Trinajstić information content (AvgIpc) is 3.14. The van der Waals surface area contributed by atoms with Gasteiger partial charge in [-0.25, -0.2) is 8.42 Å². The van der Waals surface area contributed by atoms with Crippen LogP contribution in [0.5, 0.6) is 5.75 Å². The maximum Gasteiger partial charge on any atom is 0.511 e. The fourth-order valence-electron chi connectivity index (χ4n) is 3.50. The van der Waals surface area contributed by atoms with Gasteiger partial charge < -0.3 is 15.4 Å². The summed E-state index contributed by atoms with van der Waals surface area (Å²) in [4.78, 5) is 4.14. The van der Waals surface area contributed by atoms with Crippen molar-refractivity contribution in [1.82, 2.24) is 14.9 Å². The third-order valence-electron chi connectivity index (χ3n) is 5.11. The Bertz CT molecular complexity index is 857. The number of ether oxygens (including phenoxy) is 1. The number of guanidine groups is 1. The molecule has 0 radical (unpaired) electrons. The van der Waals surface area contributed by atoms with Gasteiger partial charge in [0.05, 0.1) is 6.61 Å². The summed E-state index contributed by atoms with van der Waals surface area (Å²) in [6, 6.07) is 6.00. The van der Waals surface area contributed by atoms with E-state index in [-0.39, 0.29) is 55.9 Å². The number of halogens is 4. The minimum Gasteiger partial charge on any atom is -0.493 e. The zero-order chi connectivity index (χ0) is 21.1. The highest BCUT2D eigenvalue weighted by Crippen LogP contribution is 2.29. The smallest absolute Gasteiger partial charge is 0.493 e. The van der Waals surface area contributed by atoms with Crippen LogP contribution in [0.2, 0.25) is 0 Å². The minimum atomic E-state index is -5.26. The summed E-state index contributed by atoms with van der Waals surface area (Å²) in [5, 5.41) is 6.35. The molecule has 1 aromatic carbocycles. The summed E-state index contributed by atoms with van der Waals surface area (Å²) < 4.78 is 66.9. The third-order valence-corrected chi connectivity index (χ3v) is 6.74. The molecular formula is C18H26F3IN4O3S. The van der Waals surface area contributed by atoms with Crippen molar-refractivity contribution in [2.45, 2.75) is 37.2 Å². The highest BCUT2D eigenvalue weighted by atomic mass is 127. The normalized spacial score (nSPS) is 18.3. The van der Waals surface area contributed by atoms with Crippen molar-refractivity contribution in [2.24, 2.45) is 4.99 Å². The van der Waals surface area contributed by atoms with Crippen LogP contribution in [-0.2, 0) is 22.9 Å². The molecule has 0 atom stereocenters. The van der Waals surface area contributed by atoms with Crippen LogP contribution in [0.4, 0.5) is 13.2 Å². The standard InChI is InChI=1S/C18H25F3N4O3S.HI/c1-22-17(23-8-4-13-2-3-16-14(12-13)7-11-28-16)24-15-5-9-25(10-6-15)29(26,27)18(19,20)21;/h2-3,12,15H,4-11H2,1H3,(H2,22,23,24);1H. The molecule has 2 heterocycles. The van der Waals surface area contributed by atoms with E-state index < -0.39 is 15.5 Å². The lowest BCUT2D eigenvalue weighted by Crippen LogP contribution is -2.51. The van der Waals surface area contributed by atoms with Gasteiger partial charge >= 0.3 is 15.5 Å². The van der Waals surface area contributed by atoms with Crippen molar-refractivity contribution >= 4 is 40.0 Å². The Hall–Kier alpha value is -1.28. The summed E-state index contributed by atoms with van der Waals surface area (Å²) in [5.74, 6) is 1.49. The largest absolute Gasteiger partial charge is 0.511 e. The van der Waals surface area contributed by atoms with Crippen LogP contribution in [0, 0.1) is 0 Å². The summed E-state index contributed by atoms with van der Waals surface area (Å²) in [5.41, 5.74) is -2.86. The van der Waals surface area contributed by atoms with Gasteiger partial charge in [-0.05, 0) is 36.5 Å². The molecule has 0 saturated carbocycles. The van der Waals surface area contributed by atoms with Crippen LogP contribution >= 0.6 is 24.0 Å². The van der Waals surface area contributed by atoms with Crippen molar-refractivity contribution in [1.29, 1.82) is 0 Å². The van der Waals surface area contributed by atoms with Crippen LogP contribution in [-0.4, -0.2) is 63.5 Å². The average molecular weight is 562 g/mol. The molecule has 12 heteroatoms. The van der Waals surface area contributed by atoms with Gasteiger partial charge in [-0.1, -0.05) is 12.1 Å². The first-order chi connectivity index (χ1) is 13.7. The molecule has 0 aliphatic carbocycles. The predicted molar refractivity (Wildman–Crippen MR) is 119 cm³/mol. The summed E-state index contributed by atoms with van der Waals surface area (Å²) in [7, 11) is -3.64. The van der Waals surface area contributed by atoms with Crippen LogP contribution < -0.4 is 15.4 Å². The first kappa shape index (κ1) is 25.0. The Morgan fingerprint density at radius 1 is 1.30 bits per heavy atom. The zero-order valence-corrected chi connectivity index (χ0v) is 19.7. The van der Waals surface area contributed by atoms with Crippen LogP contribution in [0.15, 0.2) is 23.2 Å². The number of piperidine rings is 1. The SMILES string of the molecule is CN=C(NCCc1ccc2c(c1)CCO2)NC1CCN(S(=O)(=O)C(F)(F)F)CC1.I. The molecule has 0 amide bonds. The van der Waals surface area contributed by atoms with E-state index in [9.17, 15) is 21.6 Å². The Kier molecular flexibility index (Phi) is 8.62. The lowest BCUT2D eigenvalue weighted by atomic mass is 10.1. The first-order valence-electron chi connectivity index (χ1n) is 9.49. The number of aliphatic imine (C=N–C) groups is 1. The summed E-state index contributed by atoms with van der Waals surface area (Å²) in [6.07, 6.45) is 2.26. The molecule has 30 heavy (non-hydrogen) atoms. The van der Waals surface area contributed by atoms with Gasteiger partial charge in [0.25, 0.3) is 0 Å². The molecule has 0 bridgehead atoms. The second kappa shape index (κ2) is 10.4. The van der Waals surface area contributed by atoms with E-state index in [0.717, 1.165) is 25.2 Å². The Labute approximate surface area is 191 Å². The number of alkyl halides is 3. The molecule has 3 rings (SSSR count). The van der Waals surface area contributed by atoms with Crippen LogP contribution in [0.1, 0.15) is 24.0 Å². The Morgan fingerprint density at radius 3 is 2.63 bits per heavy atom.